The maximum absolute atomic E-state index is 13.1. The molecule has 0 fully saturated rings. The van der Waals surface area contributed by atoms with E-state index < -0.39 is 0 Å². The van der Waals surface area contributed by atoms with Crippen LogP contribution in [0.3, 0.4) is 0 Å². The fourth-order valence-electron chi connectivity index (χ4n) is 2.83. The first kappa shape index (κ1) is 16.4. The van der Waals surface area contributed by atoms with Crippen LogP contribution >= 0.6 is 0 Å². The molecule has 2 aromatic carbocycles. The van der Waals surface area contributed by atoms with E-state index in [0.29, 0.717) is 30.1 Å². The lowest BCUT2D eigenvalue weighted by atomic mass is 9.95. The topological polar surface area (TPSA) is 39.4 Å². The molecule has 0 amide bonds. The largest absolute Gasteiger partial charge is 0.452 e. The Labute approximate surface area is 140 Å². The Bertz CT molecular complexity index is 849. The standard InChI is InChI=1S/C20H19FO3/c1-3-23-12-13(2)18-16-6-4-5-7-17(16)24-20(18)19(22)14-8-10-15(21)11-9-14/h4-11,13H,3,12H2,1-2H3. The van der Waals surface area contributed by atoms with Gasteiger partial charge in [-0.3, -0.25) is 4.79 Å². The third-order valence-electron chi connectivity index (χ3n) is 4.01. The molecular weight excluding hydrogens is 307 g/mol. The fraction of sp³-hybridized carbons (Fsp3) is 0.250. The first-order valence-electron chi connectivity index (χ1n) is 8.01. The average Bonchev–Trinajstić information content (AvgIpc) is 2.99. The summed E-state index contributed by atoms with van der Waals surface area (Å²) in [5, 5.41) is 0.912. The number of benzene rings is 2. The third kappa shape index (κ3) is 3.10. The van der Waals surface area contributed by atoms with E-state index in [2.05, 4.69) is 0 Å². The summed E-state index contributed by atoms with van der Waals surface area (Å²) in [6, 6.07) is 13.1. The number of rotatable bonds is 6. The van der Waals surface area contributed by atoms with Gasteiger partial charge >= 0.3 is 0 Å². The number of fused-ring (bicyclic) bond motifs is 1. The van der Waals surface area contributed by atoms with Crippen molar-refractivity contribution in [2.45, 2.75) is 19.8 Å². The third-order valence-corrected chi connectivity index (χ3v) is 4.01. The van der Waals surface area contributed by atoms with E-state index in [1.165, 1.54) is 24.3 Å². The lowest BCUT2D eigenvalue weighted by Crippen LogP contribution is -2.09. The highest BCUT2D eigenvalue weighted by Gasteiger charge is 2.25. The molecule has 0 saturated heterocycles. The summed E-state index contributed by atoms with van der Waals surface area (Å²) >= 11 is 0. The van der Waals surface area contributed by atoms with Crippen molar-refractivity contribution in [1.82, 2.24) is 0 Å². The van der Waals surface area contributed by atoms with Gasteiger partial charge in [0.1, 0.15) is 11.4 Å². The predicted molar refractivity (Wildman–Crippen MR) is 91.0 cm³/mol. The van der Waals surface area contributed by atoms with Gasteiger partial charge in [-0.05, 0) is 37.3 Å². The average molecular weight is 326 g/mol. The Morgan fingerprint density at radius 3 is 2.58 bits per heavy atom. The van der Waals surface area contributed by atoms with Crippen LogP contribution in [0.5, 0.6) is 0 Å². The highest BCUT2D eigenvalue weighted by molar-refractivity contribution is 6.10. The molecule has 1 aromatic heterocycles. The summed E-state index contributed by atoms with van der Waals surface area (Å²) in [5.41, 5.74) is 1.91. The molecule has 4 heteroatoms. The van der Waals surface area contributed by atoms with Gasteiger partial charge < -0.3 is 9.15 Å². The van der Waals surface area contributed by atoms with Gasteiger partial charge in [-0.2, -0.15) is 0 Å². The lowest BCUT2D eigenvalue weighted by molar-refractivity contribution is 0.101. The molecule has 0 aliphatic rings. The van der Waals surface area contributed by atoms with Crippen molar-refractivity contribution in [3.05, 3.63) is 71.2 Å². The highest BCUT2D eigenvalue weighted by Crippen LogP contribution is 2.33. The van der Waals surface area contributed by atoms with E-state index in [1.54, 1.807) is 0 Å². The van der Waals surface area contributed by atoms with Crippen molar-refractivity contribution in [3.63, 3.8) is 0 Å². The Morgan fingerprint density at radius 1 is 1.17 bits per heavy atom. The Morgan fingerprint density at radius 2 is 1.88 bits per heavy atom. The molecule has 0 aliphatic carbocycles. The molecule has 1 atom stereocenters. The minimum atomic E-state index is -0.374. The lowest BCUT2D eigenvalue weighted by Gasteiger charge is -2.12. The number of hydrogen-bond donors (Lipinski definition) is 0. The number of ether oxygens (including phenoxy) is 1. The molecule has 3 aromatic rings. The van der Waals surface area contributed by atoms with Crippen LogP contribution in [0.1, 0.15) is 41.4 Å². The SMILES string of the molecule is CCOCC(C)c1c(C(=O)c2ccc(F)cc2)oc2ccccc12. The quantitative estimate of drug-likeness (QED) is 0.602. The molecule has 1 unspecified atom stereocenters. The van der Waals surface area contributed by atoms with Gasteiger partial charge in [0.15, 0.2) is 5.76 Å². The van der Waals surface area contributed by atoms with Gasteiger partial charge in [-0.15, -0.1) is 0 Å². The molecule has 3 nitrogen and oxygen atoms in total. The van der Waals surface area contributed by atoms with E-state index in [9.17, 15) is 9.18 Å². The molecule has 0 radical (unpaired) electrons. The van der Waals surface area contributed by atoms with Crippen LogP contribution < -0.4 is 0 Å². The molecule has 0 aliphatic heterocycles. The first-order chi connectivity index (χ1) is 11.6. The van der Waals surface area contributed by atoms with Crippen molar-refractivity contribution in [1.29, 1.82) is 0 Å². The summed E-state index contributed by atoms with van der Waals surface area (Å²) in [5.74, 6) is -0.311. The Balaban J connectivity index is 2.09. The smallest absolute Gasteiger partial charge is 0.228 e. The van der Waals surface area contributed by atoms with Crippen LogP contribution in [0.4, 0.5) is 4.39 Å². The zero-order valence-corrected chi connectivity index (χ0v) is 13.7. The second-order valence-corrected chi connectivity index (χ2v) is 5.74. The van der Waals surface area contributed by atoms with Crippen molar-refractivity contribution >= 4 is 16.8 Å². The number of carbonyl (C=O) groups excluding carboxylic acids is 1. The first-order valence-corrected chi connectivity index (χ1v) is 8.01. The number of halogens is 1. The molecule has 0 spiro atoms. The van der Waals surface area contributed by atoms with E-state index >= 15 is 0 Å². The number of furan rings is 1. The van der Waals surface area contributed by atoms with Crippen LogP contribution in [-0.4, -0.2) is 19.0 Å². The maximum atomic E-state index is 13.1. The molecule has 0 N–H and O–H groups in total. The molecule has 3 rings (SSSR count). The van der Waals surface area contributed by atoms with Crippen LogP contribution in [0.15, 0.2) is 52.9 Å². The Hall–Kier alpha value is -2.46. The van der Waals surface area contributed by atoms with Gasteiger partial charge in [0.25, 0.3) is 0 Å². The molecule has 0 bridgehead atoms. The molecule has 124 valence electrons. The highest BCUT2D eigenvalue weighted by atomic mass is 19.1. The van der Waals surface area contributed by atoms with Crippen LogP contribution in [0.25, 0.3) is 11.0 Å². The monoisotopic (exact) mass is 326 g/mol. The van der Waals surface area contributed by atoms with Gasteiger partial charge in [-0.1, -0.05) is 25.1 Å². The van der Waals surface area contributed by atoms with Gasteiger partial charge in [0.2, 0.25) is 5.78 Å². The van der Waals surface area contributed by atoms with Crippen molar-refractivity contribution < 1.29 is 18.3 Å². The molecule has 24 heavy (non-hydrogen) atoms. The molecule has 1 heterocycles. The minimum absolute atomic E-state index is 0.00741. The van der Waals surface area contributed by atoms with Crippen LogP contribution in [-0.2, 0) is 4.74 Å². The zero-order chi connectivity index (χ0) is 17.1. The van der Waals surface area contributed by atoms with E-state index in [4.69, 9.17) is 9.15 Å². The second-order valence-electron chi connectivity index (χ2n) is 5.74. The van der Waals surface area contributed by atoms with Gasteiger partial charge in [-0.25, -0.2) is 4.39 Å². The fourth-order valence-corrected chi connectivity index (χ4v) is 2.83. The summed E-state index contributed by atoms with van der Waals surface area (Å²) in [6.07, 6.45) is 0. The van der Waals surface area contributed by atoms with Crippen molar-refractivity contribution in [2.24, 2.45) is 0 Å². The summed E-state index contributed by atoms with van der Waals surface area (Å²) in [7, 11) is 0. The maximum Gasteiger partial charge on any atom is 0.228 e. The van der Waals surface area contributed by atoms with Crippen LogP contribution in [0.2, 0.25) is 0 Å². The van der Waals surface area contributed by atoms with Crippen molar-refractivity contribution in [3.8, 4) is 0 Å². The van der Waals surface area contributed by atoms with Crippen LogP contribution in [0, 0.1) is 5.82 Å². The zero-order valence-electron chi connectivity index (χ0n) is 13.7. The number of hydrogen-bond acceptors (Lipinski definition) is 3. The molecule has 0 saturated carbocycles. The number of carbonyl (C=O) groups is 1. The van der Waals surface area contributed by atoms with E-state index in [1.807, 2.05) is 38.1 Å². The Kier molecular flexibility index (Phi) is 4.76. The predicted octanol–water partition coefficient (Wildman–Crippen LogP) is 4.94. The minimum Gasteiger partial charge on any atom is -0.452 e. The summed E-state index contributed by atoms with van der Waals surface area (Å²) in [6.45, 7) is 5.06. The second kappa shape index (κ2) is 6.97. The van der Waals surface area contributed by atoms with Gasteiger partial charge in [0, 0.05) is 29.0 Å². The van der Waals surface area contributed by atoms with E-state index in [-0.39, 0.29) is 17.5 Å². The van der Waals surface area contributed by atoms with Gasteiger partial charge in [0.05, 0.1) is 6.61 Å². The summed E-state index contributed by atoms with van der Waals surface area (Å²) < 4.78 is 24.5. The summed E-state index contributed by atoms with van der Waals surface area (Å²) in [4.78, 5) is 12.9. The number of ketones is 1. The van der Waals surface area contributed by atoms with E-state index in [0.717, 1.165) is 10.9 Å². The van der Waals surface area contributed by atoms with Crippen molar-refractivity contribution in [2.75, 3.05) is 13.2 Å². The molecular formula is C20H19FO3. The normalized spacial score (nSPS) is 12.5. The number of para-hydroxylation sites is 1.